The normalized spacial score (nSPS) is 11.2. The number of halogens is 3. The minimum absolute atomic E-state index is 0.0623. The monoisotopic (exact) mass is 633 g/mol. The number of anilines is 2. The van der Waals surface area contributed by atoms with Gasteiger partial charge in [-0.25, -0.2) is 24.7 Å². The lowest BCUT2D eigenvalue weighted by Gasteiger charge is -2.15. The van der Waals surface area contributed by atoms with E-state index in [4.69, 9.17) is 14.2 Å². The number of pyridine rings is 1. The van der Waals surface area contributed by atoms with E-state index in [2.05, 4.69) is 30.6 Å². The first-order valence-corrected chi connectivity index (χ1v) is 14.1. The van der Waals surface area contributed by atoms with Crippen LogP contribution in [0.3, 0.4) is 0 Å². The number of aromatic nitrogens is 5. The molecule has 14 heteroatoms. The summed E-state index contributed by atoms with van der Waals surface area (Å²) in [5.74, 6) is 1.76. The number of benzene rings is 2. The quantitative estimate of drug-likeness (QED) is 0.169. The number of ether oxygens (including phenoxy) is 3. The van der Waals surface area contributed by atoms with Crippen LogP contribution in [0.5, 0.6) is 17.4 Å². The minimum atomic E-state index is -4.63. The van der Waals surface area contributed by atoms with Gasteiger partial charge in [-0.3, -0.25) is 0 Å². The summed E-state index contributed by atoms with van der Waals surface area (Å²) in [6.07, 6.45) is 1.30. The molecule has 0 saturated carbocycles. The number of imidazole rings is 1. The molecule has 238 valence electrons. The van der Waals surface area contributed by atoms with Gasteiger partial charge in [0.2, 0.25) is 0 Å². The van der Waals surface area contributed by atoms with Crippen molar-refractivity contribution in [1.82, 2.24) is 24.5 Å². The van der Waals surface area contributed by atoms with Crippen LogP contribution < -0.4 is 24.8 Å². The van der Waals surface area contributed by atoms with Crippen molar-refractivity contribution in [3.63, 3.8) is 0 Å². The maximum Gasteiger partial charge on any atom is 0.416 e. The maximum atomic E-state index is 13.6. The molecule has 2 aromatic carbocycles. The summed E-state index contributed by atoms with van der Waals surface area (Å²) in [6.45, 7) is 5.85. The predicted octanol–water partition coefficient (Wildman–Crippen LogP) is 6.99. The van der Waals surface area contributed by atoms with E-state index < -0.39 is 17.8 Å². The Hall–Kier alpha value is -5.66. The highest BCUT2D eigenvalue weighted by Gasteiger charge is 2.31. The van der Waals surface area contributed by atoms with Crippen LogP contribution in [0.2, 0.25) is 0 Å². The van der Waals surface area contributed by atoms with E-state index in [9.17, 15) is 18.0 Å². The first-order chi connectivity index (χ1) is 22.0. The highest BCUT2D eigenvalue weighted by atomic mass is 19.4. The molecule has 3 heterocycles. The third kappa shape index (κ3) is 7.70. The number of hydrogen-bond acceptors (Lipinski definition) is 8. The number of carbonyl (C=O) groups excluding carboxylic acids is 1. The lowest BCUT2D eigenvalue weighted by atomic mass is 10.1. The first-order valence-electron chi connectivity index (χ1n) is 14.1. The van der Waals surface area contributed by atoms with E-state index in [1.165, 1.54) is 23.2 Å². The Morgan fingerprint density at radius 1 is 0.957 bits per heavy atom. The largest absolute Gasteiger partial charge is 0.497 e. The molecule has 0 bridgehead atoms. The number of aryl methyl sites for hydroxylation is 2. The van der Waals surface area contributed by atoms with Crippen molar-refractivity contribution in [2.75, 3.05) is 24.4 Å². The summed E-state index contributed by atoms with van der Waals surface area (Å²) in [6, 6.07) is 11.6. The molecule has 2 N–H and O–H groups in total. The number of hydrogen-bond donors (Lipinski definition) is 2. The van der Waals surface area contributed by atoms with Crippen LogP contribution in [0.4, 0.5) is 29.3 Å². The number of urea groups is 1. The second kappa shape index (κ2) is 13.5. The second-order valence-corrected chi connectivity index (χ2v) is 10.1. The molecule has 0 aliphatic heterocycles. The van der Waals surface area contributed by atoms with Crippen LogP contribution in [0.1, 0.15) is 29.4 Å². The van der Waals surface area contributed by atoms with E-state index in [1.54, 1.807) is 39.4 Å². The van der Waals surface area contributed by atoms with Crippen molar-refractivity contribution in [1.29, 1.82) is 0 Å². The third-order valence-corrected chi connectivity index (χ3v) is 6.65. The van der Waals surface area contributed by atoms with E-state index >= 15 is 0 Å². The molecular formula is C32H30F3N7O4. The molecule has 2 amide bonds. The molecule has 0 aliphatic rings. The summed E-state index contributed by atoms with van der Waals surface area (Å²) < 4.78 is 59.1. The average molecular weight is 634 g/mol. The van der Waals surface area contributed by atoms with Crippen LogP contribution >= 0.6 is 0 Å². The lowest BCUT2D eigenvalue weighted by molar-refractivity contribution is -0.137. The van der Waals surface area contributed by atoms with Gasteiger partial charge in [-0.05, 0) is 62.7 Å². The highest BCUT2D eigenvalue weighted by Crippen LogP contribution is 2.34. The minimum Gasteiger partial charge on any atom is -0.497 e. The predicted molar refractivity (Wildman–Crippen MR) is 164 cm³/mol. The number of alkyl halides is 3. The lowest BCUT2D eigenvalue weighted by Crippen LogP contribution is -2.21. The van der Waals surface area contributed by atoms with Crippen molar-refractivity contribution in [3.05, 3.63) is 96.0 Å². The number of rotatable bonds is 10. The van der Waals surface area contributed by atoms with Gasteiger partial charge < -0.3 is 29.4 Å². The molecule has 0 radical (unpaired) electrons. The Morgan fingerprint density at radius 2 is 1.74 bits per heavy atom. The number of nitrogens with zero attached hydrogens (tertiary/aromatic N) is 5. The van der Waals surface area contributed by atoms with Gasteiger partial charge in [0.05, 0.1) is 48.9 Å². The fraction of sp³-hybridized carbons (Fsp3) is 0.219. The zero-order chi connectivity index (χ0) is 32.8. The van der Waals surface area contributed by atoms with Crippen LogP contribution in [0, 0.1) is 13.8 Å². The fourth-order valence-electron chi connectivity index (χ4n) is 4.37. The van der Waals surface area contributed by atoms with Gasteiger partial charge in [-0.1, -0.05) is 12.1 Å². The molecule has 5 aromatic rings. The van der Waals surface area contributed by atoms with Crippen LogP contribution in [0.15, 0.2) is 73.4 Å². The summed E-state index contributed by atoms with van der Waals surface area (Å²) in [7, 11) is 1.60. The number of methoxy groups -OCH3 is 1. The van der Waals surface area contributed by atoms with Crippen molar-refractivity contribution in [2.45, 2.75) is 33.6 Å². The molecule has 5 rings (SSSR count). The average Bonchev–Trinajstić information content (AvgIpc) is 3.47. The van der Waals surface area contributed by atoms with Gasteiger partial charge in [-0.2, -0.15) is 13.2 Å². The summed E-state index contributed by atoms with van der Waals surface area (Å²) in [5.41, 5.74) is 1.97. The fourth-order valence-corrected chi connectivity index (χ4v) is 4.37. The molecule has 0 atom stereocenters. The standard InChI is InChI=1S/C32H30F3N7O4/c1-5-45-28-10-22(14-37-30(28)46-17-21-6-8-26(44-4)9-7-21)29-36-15-27(20(3)39-29)41-31(43)40-24-11-23(32(33,34)35)12-25(13-24)42-16-19(2)38-18-42/h6-16,18H,5,17H2,1-4H3,(H2,40,41,43). The van der Waals surface area contributed by atoms with Crippen LogP contribution in [-0.2, 0) is 12.8 Å². The number of carbonyl (C=O) groups is 1. The molecule has 0 aliphatic carbocycles. The SMILES string of the molecule is CCOc1cc(-c2ncc(NC(=O)Nc3cc(-n4cnc(C)c4)cc(C(F)(F)F)c3)c(C)n2)cnc1OCc1ccc(OC)cc1. The molecule has 0 fully saturated rings. The highest BCUT2D eigenvalue weighted by molar-refractivity contribution is 6.00. The van der Waals surface area contributed by atoms with Crippen molar-refractivity contribution in [3.8, 4) is 34.5 Å². The summed E-state index contributed by atoms with van der Waals surface area (Å²) in [4.78, 5) is 30.1. The van der Waals surface area contributed by atoms with E-state index in [0.29, 0.717) is 41.0 Å². The smallest absolute Gasteiger partial charge is 0.416 e. The Bertz CT molecular complexity index is 1840. The van der Waals surface area contributed by atoms with E-state index in [-0.39, 0.29) is 23.7 Å². The molecule has 46 heavy (non-hydrogen) atoms. The summed E-state index contributed by atoms with van der Waals surface area (Å²) >= 11 is 0. The van der Waals surface area contributed by atoms with Gasteiger partial charge in [-0.15, -0.1) is 0 Å². The Balaban J connectivity index is 1.30. The van der Waals surface area contributed by atoms with Gasteiger partial charge in [0.15, 0.2) is 11.6 Å². The Kier molecular flexibility index (Phi) is 9.35. The maximum absolute atomic E-state index is 13.6. The Morgan fingerprint density at radius 3 is 2.39 bits per heavy atom. The summed E-state index contributed by atoms with van der Waals surface area (Å²) in [5, 5.41) is 5.06. The second-order valence-electron chi connectivity index (χ2n) is 10.1. The van der Waals surface area contributed by atoms with E-state index in [0.717, 1.165) is 23.4 Å². The van der Waals surface area contributed by atoms with Crippen molar-refractivity contribution in [2.24, 2.45) is 0 Å². The topological polar surface area (TPSA) is 125 Å². The zero-order valence-electron chi connectivity index (χ0n) is 25.3. The molecule has 0 spiro atoms. The number of nitrogens with one attached hydrogen (secondary N) is 2. The molecule has 11 nitrogen and oxygen atoms in total. The zero-order valence-corrected chi connectivity index (χ0v) is 25.3. The van der Waals surface area contributed by atoms with Crippen molar-refractivity contribution < 1.29 is 32.2 Å². The molecule has 0 saturated heterocycles. The van der Waals surface area contributed by atoms with Crippen LogP contribution in [-0.4, -0.2) is 44.3 Å². The first kappa shape index (κ1) is 31.8. The van der Waals surface area contributed by atoms with Crippen LogP contribution in [0.25, 0.3) is 17.1 Å². The third-order valence-electron chi connectivity index (χ3n) is 6.65. The van der Waals surface area contributed by atoms with Gasteiger partial charge >= 0.3 is 12.2 Å². The van der Waals surface area contributed by atoms with Gasteiger partial charge in [0.1, 0.15) is 12.4 Å². The molecular weight excluding hydrogens is 603 g/mol. The molecule has 0 unspecified atom stereocenters. The Labute approximate surface area is 262 Å². The van der Waals surface area contributed by atoms with Gasteiger partial charge in [0, 0.05) is 29.3 Å². The van der Waals surface area contributed by atoms with Crippen molar-refractivity contribution >= 4 is 17.4 Å². The van der Waals surface area contributed by atoms with E-state index in [1.807, 2.05) is 31.2 Å². The van der Waals surface area contributed by atoms with Gasteiger partial charge in [0.25, 0.3) is 5.88 Å². The molecule has 3 aromatic heterocycles. The number of amides is 2.